The molecule has 0 saturated carbocycles. The van der Waals surface area contributed by atoms with Gasteiger partial charge >= 0.3 is 0 Å². The van der Waals surface area contributed by atoms with Crippen LogP contribution in [-0.2, 0) is 13.5 Å². The van der Waals surface area contributed by atoms with E-state index in [-0.39, 0.29) is 0 Å². The zero-order chi connectivity index (χ0) is 10.7. The van der Waals surface area contributed by atoms with Crippen LogP contribution in [0.1, 0.15) is 12.5 Å². The maximum absolute atomic E-state index is 4.35. The Hall–Kier alpha value is -1.35. The Morgan fingerprint density at radius 1 is 1.40 bits per heavy atom. The summed E-state index contributed by atoms with van der Waals surface area (Å²) in [5.74, 6) is 0. The minimum absolute atomic E-state index is 1.03. The number of nitrogens with one attached hydrogen (secondary N) is 1. The summed E-state index contributed by atoms with van der Waals surface area (Å²) in [7, 11) is 2.02. The van der Waals surface area contributed by atoms with Crippen LogP contribution in [0.25, 0.3) is 11.0 Å². The third-order valence-corrected chi connectivity index (χ3v) is 2.63. The monoisotopic (exact) mass is 203 g/mol. The number of hydrogen-bond donors (Lipinski definition) is 1. The van der Waals surface area contributed by atoms with Gasteiger partial charge in [-0.25, -0.2) is 4.98 Å². The summed E-state index contributed by atoms with van der Waals surface area (Å²) >= 11 is 0. The number of rotatable bonds is 4. The molecule has 1 aromatic carbocycles. The molecule has 80 valence electrons. The maximum Gasteiger partial charge on any atom is 0.0955 e. The van der Waals surface area contributed by atoms with Gasteiger partial charge in [0, 0.05) is 7.05 Å². The van der Waals surface area contributed by atoms with E-state index in [1.54, 1.807) is 0 Å². The van der Waals surface area contributed by atoms with Gasteiger partial charge in [0.1, 0.15) is 0 Å². The van der Waals surface area contributed by atoms with Crippen molar-refractivity contribution < 1.29 is 0 Å². The summed E-state index contributed by atoms with van der Waals surface area (Å²) in [6.07, 6.45) is 2.93. The summed E-state index contributed by atoms with van der Waals surface area (Å²) in [6, 6.07) is 6.50. The maximum atomic E-state index is 4.35. The average Bonchev–Trinajstić information content (AvgIpc) is 2.61. The molecule has 2 aromatic rings. The van der Waals surface area contributed by atoms with Gasteiger partial charge in [0.05, 0.1) is 17.4 Å². The first kappa shape index (κ1) is 10.2. The number of likely N-dealkylation sites (N-methyl/N-ethyl adjacent to an activating group) is 1. The molecular formula is C12H17N3. The summed E-state index contributed by atoms with van der Waals surface area (Å²) in [5, 5.41) is 3.32. The molecular weight excluding hydrogens is 186 g/mol. The highest BCUT2D eigenvalue weighted by Crippen LogP contribution is 2.13. The standard InChI is InChI=1S/C12H17N3/c1-3-13-7-6-10-4-5-12-11(8-10)14-9-15(12)2/h4-5,8-9,13H,3,6-7H2,1-2H3. The lowest BCUT2D eigenvalue weighted by molar-refractivity contribution is 0.717. The highest BCUT2D eigenvalue weighted by molar-refractivity contribution is 5.75. The highest BCUT2D eigenvalue weighted by Gasteiger charge is 2.00. The van der Waals surface area contributed by atoms with E-state index >= 15 is 0 Å². The van der Waals surface area contributed by atoms with E-state index in [9.17, 15) is 0 Å². The van der Waals surface area contributed by atoms with Crippen LogP contribution in [0.15, 0.2) is 24.5 Å². The fourth-order valence-corrected chi connectivity index (χ4v) is 1.75. The average molecular weight is 203 g/mol. The van der Waals surface area contributed by atoms with Crippen LogP contribution in [0.5, 0.6) is 0 Å². The van der Waals surface area contributed by atoms with Crippen molar-refractivity contribution in [1.82, 2.24) is 14.9 Å². The Morgan fingerprint density at radius 2 is 2.27 bits per heavy atom. The minimum Gasteiger partial charge on any atom is -0.334 e. The molecule has 0 saturated heterocycles. The molecule has 3 nitrogen and oxygen atoms in total. The number of nitrogens with zero attached hydrogens (tertiary/aromatic N) is 2. The summed E-state index contributed by atoms with van der Waals surface area (Å²) in [4.78, 5) is 4.35. The smallest absolute Gasteiger partial charge is 0.0955 e. The third-order valence-electron chi connectivity index (χ3n) is 2.63. The normalized spacial score (nSPS) is 11.1. The Morgan fingerprint density at radius 3 is 3.07 bits per heavy atom. The van der Waals surface area contributed by atoms with Crippen LogP contribution < -0.4 is 5.32 Å². The van der Waals surface area contributed by atoms with Gasteiger partial charge in [0.2, 0.25) is 0 Å². The molecule has 15 heavy (non-hydrogen) atoms. The van der Waals surface area contributed by atoms with Gasteiger partial charge in [-0.1, -0.05) is 13.0 Å². The van der Waals surface area contributed by atoms with Crippen molar-refractivity contribution in [2.24, 2.45) is 7.05 Å². The molecule has 1 aromatic heterocycles. The van der Waals surface area contributed by atoms with Crippen LogP contribution in [0, 0.1) is 0 Å². The van der Waals surface area contributed by atoms with Gasteiger partial charge in [0.15, 0.2) is 0 Å². The Balaban J connectivity index is 2.16. The van der Waals surface area contributed by atoms with Crippen molar-refractivity contribution in [1.29, 1.82) is 0 Å². The molecule has 0 fully saturated rings. The molecule has 0 atom stereocenters. The van der Waals surface area contributed by atoms with Crippen LogP contribution in [0.2, 0.25) is 0 Å². The highest BCUT2D eigenvalue weighted by atomic mass is 15.0. The first-order valence-corrected chi connectivity index (χ1v) is 5.42. The second kappa shape index (κ2) is 4.45. The van der Waals surface area contributed by atoms with Gasteiger partial charge < -0.3 is 9.88 Å². The molecule has 1 heterocycles. The molecule has 0 aliphatic carbocycles. The van der Waals surface area contributed by atoms with E-state index in [4.69, 9.17) is 0 Å². The van der Waals surface area contributed by atoms with Gasteiger partial charge in [-0.2, -0.15) is 0 Å². The van der Waals surface area contributed by atoms with Crippen LogP contribution in [0.4, 0.5) is 0 Å². The largest absolute Gasteiger partial charge is 0.334 e. The van der Waals surface area contributed by atoms with Crippen LogP contribution in [-0.4, -0.2) is 22.6 Å². The topological polar surface area (TPSA) is 29.9 Å². The zero-order valence-electron chi connectivity index (χ0n) is 9.33. The predicted molar refractivity (Wildman–Crippen MR) is 63.0 cm³/mol. The van der Waals surface area contributed by atoms with Crippen molar-refractivity contribution in [2.45, 2.75) is 13.3 Å². The summed E-state index contributed by atoms with van der Waals surface area (Å²) < 4.78 is 2.05. The van der Waals surface area contributed by atoms with E-state index in [0.717, 1.165) is 25.0 Å². The van der Waals surface area contributed by atoms with Crippen LogP contribution >= 0.6 is 0 Å². The number of fused-ring (bicyclic) bond motifs is 1. The molecule has 0 aliphatic rings. The fourth-order valence-electron chi connectivity index (χ4n) is 1.75. The Kier molecular flexibility index (Phi) is 3.02. The van der Waals surface area contributed by atoms with Crippen molar-refractivity contribution in [2.75, 3.05) is 13.1 Å². The second-order valence-corrected chi connectivity index (χ2v) is 3.78. The number of aryl methyl sites for hydroxylation is 1. The van der Waals surface area contributed by atoms with E-state index in [0.29, 0.717) is 0 Å². The molecule has 0 bridgehead atoms. The van der Waals surface area contributed by atoms with Gasteiger partial charge in [0.25, 0.3) is 0 Å². The molecule has 0 aliphatic heterocycles. The van der Waals surface area contributed by atoms with Gasteiger partial charge in [-0.15, -0.1) is 0 Å². The molecule has 0 spiro atoms. The fraction of sp³-hybridized carbons (Fsp3) is 0.417. The van der Waals surface area contributed by atoms with Crippen molar-refractivity contribution in [3.05, 3.63) is 30.1 Å². The number of imidazole rings is 1. The van der Waals surface area contributed by atoms with E-state index in [1.165, 1.54) is 11.1 Å². The lowest BCUT2D eigenvalue weighted by atomic mass is 10.1. The third kappa shape index (κ3) is 2.18. The van der Waals surface area contributed by atoms with E-state index < -0.39 is 0 Å². The van der Waals surface area contributed by atoms with Gasteiger partial charge in [-0.3, -0.25) is 0 Å². The lowest BCUT2D eigenvalue weighted by Gasteiger charge is -2.02. The minimum atomic E-state index is 1.03. The number of aromatic nitrogens is 2. The van der Waals surface area contributed by atoms with E-state index in [2.05, 4.69) is 35.4 Å². The Bertz CT molecular complexity index is 445. The first-order valence-electron chi connectivity index (χ1n) is 5.42. The summed E-state index contributed by atoms with van der Waals surface area (Å²) in [6.45, 7) is 4.20. The molecule has 0 unspecified atom stereocenters. The first-order chi connectivity index (χ1) is 7.31. The molecule has 3 heteroatoms. The molecule has 1 N–H and O–H groups in total. The summed E-state index contributed by atoms with van der Waals surface area (Å²) in [5.41, 5.74) is 3.64. The number of hydrogen-bond acceptors (Lipinski definition) is 2. The van der Waals surface area contributed by atoms with E-state index in [1.807, 2.05) is 17.9 Å². The SMILES string of the molecule is CCNCCc1ccc2c(c1)ncn2C. The number of benzene rings is 1. The molecule has 2 rings (SSSR count). The second-order valence-electron chi connectivity index (χ2n) is 3.78. The van der Waals surface area contributed by atoms with Crippen molar-refractivity contribution in [3.63, 3.8) is 0 Å². The van der Waals surface area contributed by atoms with Crippen molar-refractivity contribution in [3.8, 4) is 0 Å². The molecule has 0 radical (unpaired) electrons. The quantitative estimate of drug-likeness (QED) is 0.767. The zero-order valence-corrected chi connectivity index (χ0v) is 9.33. The Labute approximate surface area is 90.1 Å². The predicted octanol–water partition coefficient (Wildman–Crippen LogP) is 1.73. The molecule has 0 amide bonds. The van der Waals surface area contributed by atoms with Crippen LogP contribution in [0.3, 0.4) is 0 Å². The van der Waals surface area contributed by atoms with Gasteiger partial charge in [-0.05, 0) is 37.2 Å². The van der Waals surface area contributed by atoms with Crippen molar-refractivity contribution >= 4 is 11.0 Å². The lowest BCUT2D eigenvalue weighted by Crippen LogP contribution is -2.15.